The highest BCUT2D eigenvalue weighted by atomic mass is 32.2. The molecule has 148 valence electrons. The summed E-state index contributed by atoms with van der Waals surface area (Å²) in [6.45, 7) is 6.35. The highest BCUT2D eigenvalue weighted by Gasteiger charge is 2.14. The molecule has 0 radical (unpaired) electrons. The zero-order valence-electron chi connectivity index (χ0n) is 16.5. The predicted molar refractivity (Wildman–Crippen MR) is 114 cm³/mol. The van der Waals surface area contributed by atoms with Crippen LogP contribution in [0.2, 0.25) is 0 Å². The van der Waals surface area contributed by atoms with Gasteiger partial charge < -0.3 is 14.5 Å². The first-order chi connectivity index (χ1) is 13.7. The van der Waals surface area contributed by atoms with Crippen molar-refractivity contribution in [1.82, 2.24) is 24.4 Å². The van der Waals surface area contributed by atoms with E-state index in [9.17, 15) is 0 Å². The molecule has 6 nitrogen and oxygen atoms in total. The first kappa shape index (κ1) is 19.2. The number of ether oxygens (including phenoxy) is 1. The summed E-state index contributed by atoms with van der Waals surface area (Å²) in [5.74, 6) is 0.645. The van der Waals surface area contributed by atoms with E-state index in [1.165, 1.54) is 4.90 Å². The fourth-order valence-corrected chi connectivity index (χ4v) is 4.12. The Hall–Kier alpha value is -2.09. The summed E-state index contributed by atoms with van der Waals surface area (Å²) in [4.78, 5) is 10.6. The maximum Gasteiger partial charge on any atom is 0.231 e. The molecule has 2 aromatic heterocycles. The van der Waals surface area contributed by atoms with Crippen molar-refractivity contribution in [2.75, 3.05) is 52.6 Å². The molecule has 3 aromatic rings. The Morgan fingerprint density at radius 3 is 2.71 bits per heavy atom. The second-order valence-electron chi connectivity index (χ2n) is 7.13. The van der Waals surface area contributed by atoms with E-state index in [4.69, 9.17) is 4.74 Å². The molecule has 0 aliphatic carbocycles. The molecule has 7 heteroatoms. The highest BCUT2D eigenvalue weighted by molar-refractivity contribution is 7.98. The molecule has 1 fully saturated rings. The average Bonchev–Trinajstić information content (AvgIpc) is 3.15. The van der Waals surface area contributed by atoms with Crippen molar-refractivity contribution in [3.63, 3.8) is 0 Å². The molecule has 0 unspecified atom stereocenters. The fourth-order valence-electron chi connectivity index (χ4n) is 3.51. The van der Waals surface area contributed by atoms with E-state index in [-0.39, 0.29) is 0 Å². The summed E-state index contributed by atoms with van der Waals surface area (Å²) in [6.07, 6.45) is 4.98. The number of aromatic nitrogens is 3. The quantitative estimate of drug-likeness (QED) is 0.451. The van der Waals surface area contributed by atoms with Crippen LogP contribution in [0, 0.1) is 0 Å². The Labute approximate surface area is 170 Å². The fraction of sp³-hybridized carbons (Fsp3) is 0.429. The van der Waals surface area contributed by atoms with Crippen LogP contribution in [0.5, 0.6) is 5.88 Å². The van der Waals surface area contributed by atoms with Crippen molar-refractivity contribution in [1.29, 1.82) is 0 Å². The Kier molecular flexibility index (Phi) is 6.14. The van der Waals surface area contributed by atoms with Crippen LogP contribution in [0.25, 0.3) is 16.9 Å². The molecular formula is C21H27N5OS. The molecule has 0 saturated carbocycles. The molecular weight excluding hydrogens is 370 g/mol. The van der Waals surface area contributed by atoms with Crippen LogP contribution in [0.15, 0.2) is 47.5 Å². The number of hydrogen-bond acceptors (Lipinski definition) is 6. The number of piperazine rings is 1. The first-order valence-electron chi connectivity index (χ1n) is 9.76. The Morgan fingerprint density at radius 1 is 1.07 bits per heavy atom. The molecule has 1 aliphatic heterocycles. The smallest absolute Gasteiger partial charge is 0.231 e. The van der Waals surface area contributed by atoms with Gasteiger partial charge in [-0.2, -0.15) is 0 Å². The maximum absolute atomic E-state index is 5.94. The minimum absolute atomic E-state index is 0.645. The molecule has 3 heterocycles. The third-order valence-electron chi connectivity index (χ3n) is 5.19. The molecule has 0 amide bonds. The Morgan fingerprint density at radius 2 is 1.89 bits per heavy atom. The lowest BCUT2D eigenvalue weighted by Gasteiger charge is -2.32. The molecule has 4 rings (SSSR count). The van der Waals surface area contributed by atoms with Gasteiger partial charge in [0.05, 0.1) is 18.5 Å². The van der Waals surface area contributed by atoms with Crippen molar-refractivity contribution >= 4 is 17.4 Å². The lowest BCUT2D eigenvalue weighted by Crippen LogP contribution is -2.44. The molecule has 0 bridgehead atoms. The molecule has 0 atom stereocenters. The number of fused-ring (bicyclic) bond motifs is 1. The molecule has 28 heavy (non-hydrogen) atoms. The summed E-state index contributed by atoms with van der Waals surface area (Å²) in [5.41, 5.74) is 2.96. The van der Waals surface area contributed by atoms with Crippen molar-refractivity contribution in [3.05, 3.63) is 42.6 Å². The third-order valence-corrected chi connectivity index (χ3v) is 5.98. The summed E-state index contributed by atoms with van der Waals surface area (Å²) in [7, 11) is 2.18. The van der Waals surface area contributed by atoms with Gasteiger partial charge in [-0.3, -0.25) is 0 Å². The van der Waals surface area contributed by atoms with Crippen LogP contribution in [-0.4, -0.2) is 77.0 Å². The van der Waals surface area contributed by atoms with Gasteiger partial charge in [-0.05, 0) is 31.9 Å². The molecule has 1 saturated heterocycles. The second-order valence-corrected chi connectivity index (χ2v) is 7.98. The first-order valence-corrected chi connectivity index (χ1v) is 11.0. The van der Waals surface area contributed by atoms with Crippen LogP contribution in [0.1, 0.15) is 6.42 Å². The number of likely N-dealkylation sites (N-methyl/N-ethyl adjacent to an activating group) is 1. The Balaban J connectivity index is 1.41. The van der Waals surface area contributed by atoms with Crippen LogP contribution < -0.4 is 4.74 Å². The van der Waals surface area contributed by atoms with E-state index in [1.54, 1.807) is 11.8 Å². The zero-order valence-corrected chi connectivity index (χ0v) is 17.4. The van der Waals surface area contributed by atoms with Gasteiger partial charge in [0.1, 0.15) is 0 Å². The van der Waals surface area contributed by atoms with Crippen molar-refractivity contribution < 1.29 is 4.74 Å². The van der Waals surface area contributed by atoms with Gasteiger partial charge in [0.2, 0.25) is 5.88 Å². The normalized spacial score (nSPS) is 15.9. The standard InChI is InChI=1S/C21H27N5OS/c1-24-11-13-25(14-12-24)10-5-15-27-21-9-8-20-22-16-18(26(20)23-21)17-6-3-4-7-19(17)28-2/h3-4,6-9,16H,5,10-15H2,1-2H3. The van der Waals surface area contributed by atoms with E-state index in [0.717, 1.165) is 56.0 Å². The van der Waals surface area contributed by atoms with Crippen LogP contribution in [0.3, 0.4) is 0 Å². The van der Waals surface area contributed by atoms with Gasteiger partial charge in [-0.1, -0.05) is 18.2 Å². The van der Waals surface area contributed by atoms with Crippen LogP contribution in [-0.2, 0) is 0 Å². The maximum atomic E-state index is 5.94. The summed E-state index contributed by atoms with van der Waals surface area (Å²) < 4.78 is 7.82. The van der Waals surface area contributed by atoms with E-state index < -0.39 is 0 Å². The van der Waals surface area contributed by atoms with Gasteiger partial charge in [0.25, 0.3) is 0 Å². The van der Waals surface area contributed by atoms with Crippen molar-refractivity contribution in [2.45, 2.75) is 11.3 Å². The van der Waals surface area contributed by atoms with E-state index >= 15 is 0 Å². The Bertz CT molecular complexity index is 920. The largest absolute Gasteiger partial charge is 0.477 e. The second kappa shape index (κ2) is 8.94. The minimum atomic E-state index is 0.645. The van der Waals surface area contributed by atoms with Gasteiger partial charge in [-0.15, -0.1) is 16.9 Å². The summed E-state index contributed by atoms with van der Waals surface area (Å²) in [5, 5.41) is 4.68. The lowest BCUT2D eigenvalue weighted by atomic mass is 10.2. The topological polar surface area (TPSA) is 45.9 Å². The van der Waals surface area contributed by atoms with Crippen LogP contribution in [0.4, 0.5) is 0 Å². The number of nitrogens with zero attached hydrogens (tertiary/aromatic N) is 5. The predicted octanol–water partition coefficient (Wildman–Crippen LogP) is 3.13. The number of rotatable bonds is 7. The van der Waals surface area contributed by atoms with Gasteiger partial charge in [0.15, 0.2) is 5.65 Å². The van der Waals surface area contributed by atoms with Crippen LogP contribution >= 0.6 is 11.8 Å². The van der Waals surface area contributed by atoms with Gasteiger partial charge in [0, 0.05) is 49.2 Å². The SMILES string of the molecule is CSc1ccccc1-c1cnc2ccc(OCCCN3CCN(C)CC3)nn12. The van der Waals surface area contributed by atoms with Crippen molar-refractivity contribution in [2.24, 2.45) is 0 Å². The molecule has 0 N–H and O–H groups in total. The third kappa shape index (κ3) is 4.32. The van der Waals surface area contributed by atoms with Gasteiger partial charge >= 0.3 is 0 Å². The number of benzene rings is 1. The number of hydrogen-bond donors (Lipinski definition) is 0. The van der Waals surface area contributed by atoms with E-state index in [0.29, 0.717) is 12.5 Å². The molecule has 1 aliphatic rings. The number of imidazole rings is 1. The summed E-state index contributed by atoms with van der Waals surface area (Å²) >= 11 is 1.73. The van der Waals surface area contributed by atoms with Gasteiger partial charge in [-0.25, -0.2) is 9.50 Å². The van der Waals surface area contributed by atoms with E-state index in [2.05, 4.69) is 51.4 Å². The molecule has 1 aromatic carbocycles. The highest BCUT2D eigenvalue weighted by Crippen LogP contribution is 2.30. The average molecular weight is 398 g/mol. The zero-order chi connectivity index (χ0) is 19.3. The lowest BCUT2D eigenvalue weighted by molar-refractivity contribution is 0.145. The monoisotopic (exact) mass is 397 g/mol. The van der Waals surface area contributed by atoms with E-state index in [1.807, 2.05) is 28.9 Å². The minimum Gasteiger partial charge on any atom is -0.477 e. The molecule has 0 spiro atoms. The van der Waals surface area contributed by atoms with Crippen molar-refractivity contribution in [3.8, 4) is 17.1 Å². The number of thioether (sulfide) groups is 1. The summed E-state index contributed by atoms with van der Waals surface area (Å²) in [6, 6.07) is 12.2.